The number of benzene rings is 2. The Kier molecular flexibility index (Phi) is 9.62. The van der Waals surface area contributed by atoms with Crippen LogP contribution in [-0.4, -0.2) is 33.1 Å². The molecule has 2 aromatic carbocycles. The van der Waals surface area contributed by atoms with Gasteiger partial charge in [-0.25, -0.2) is 0 Å². The summed E-state index contributed by atoms with van der Waals surface area (Å²) in [6, 6.07) is 21.7. The Morgan fingerprint density at radius 2 is 1.04 bits per heavy atom. The van der Waals surface area contributed by atoms with Crippen LogP contribution in [0.25, 0.3) is 0 Å². The van der Waals surface area contributed by atoms with E-state index in [2.05, 4.69) is 60.7 Å². The number of rotatable bonds is 6. The summed E-state index contributed by atoms with van der Waals surface area (Å²) in [7, 11) is 0. The predicted octanol–water partition coefficient (Wildman–Crippen LogP) is 0.914. The van der Waals surface area contributed by atoms with Gasteiger partial charge in [-0.05, 0) is 25.0 Å². The Morgan fingerprint density at radius 1 is 0.720 bits per heavy atom. The fourth-order valence-corrected chi connectivity index (χ4v) is 5.20. The van der Waals surface area contributed by atoms with Gasteiger partial charge in [0.2, 0.25) is 0 Å². The van der Waals surface area contributed by atoms with Gasteiger partial charge < -0.3 is 19.8 Å². The molecular weight excluding hydrogens is 423 g/mol. The van der Waals surface area contributed by atoms with Crippen molar-refractivity contribution in [3.05, 3.63) is 82.9 Å². The van der Waals surface area contributed by atoms with E-state index in [1.807, 2.05) is 0 Å². The van der Waals surface area contributed by atoms with Crippen molar-refractivity contribution < 1.29 is 19.8 Å². The van der Waals surface area contributed by atoms with Gasteiger partial charge >= 0.3 is 102 Å². The summed E-state index contributed by atoms with van der Waals surface area (Å²) < 4.78 is 2.69. The van der Waals surface area contributed by atoms with Crippen LogP contribution in [0.3, 0.4) is 0 Å². The molecule has 0 saturated heterocycles. The molecule has 0 saturated carbocycles. The van der Waals surface area contributed by atoms with E-state index in [9.17, 15) is 19.8 Å². The van der Waals surface area contributed by atoms with Crippen molar-refractivity contribution in [2.75, 3.05) is 0 Å². The third-order valence-electron chi connectivity index (χ3n) is 3.52. The second kappa shape index (κ2) is 11.5. The second-order valence-corrected chi connectivity index (χ2v) is 8.84. The van der Waals surface area contributed by atoms with Crippen LogP contribution in [0, 0.1) is 0 Å². The quantitative estimate of drug-likeness (QED) is 0.492. The number of carboxylic acid groups (broad SMARTS) is 2. The standard InChI is InChI=1S/2C7H7.C6H8O4.Sn/c2*1-7-5-3-2-4-6-7;1-3(5(7)8)4(2)6(9)10;/h2*2-6H,1H2;1-2H3,(H,7,8)(H,9,10);/q;;;+2/p-2. The van der Waals surface area contributed by atoms with Crippen LogP contribution in [0.15, 0.2) is 71.8 Å². The average molecular weight is 443 g/mol. The molecule has 2 aromatic rings. The zero-order valence-corrected chi connectivity index (χ0v) is 17.2. The predicted molar refractivity (Wildman–Crippen MR) is 94.4 cm³/mol. The molecule has 0 N–H and O–H groups in total. The zero-order chi connectivity index (χ0) is 18.7. The Labute approximate surface area is 158 Å². The van der Waals surface area contributed by atoms with E-state index in [1.165, 1.54) is 20.0 Å². The van der Waals surface area contributed by atoms with Crippen LogP contribution >= 0.6 is 0 Å². The van der Waals surface area contributed by atoms with Crippen molar-refractivity contribution >= 4 is 33.1 Å². The molecular formula is C20H20O4Sn. The van der Waals surface area contributed by atoms with E-state index >= 15 is 0 Å². The van der Waals surface area contributed by atoms with Gasteiger partial charge in [0, 0.05) is 0 Å². The molecule has 0 aliphatic rings. The fourth-order valence-electron chi connectivity index (χ4n) is 1.85. The van der Waals surface area contributed by atoms with Gasteiger partial charge in [-0.15, -0.1) is 0 Å². The fraction of sp³-hybridized carbons (Fsp3) is 0.200. The summed E-state index contributed by atoms with van der Waals surface area (Å²) in [6.45, 7) is 2.31. The van der Waals surface area contributed by atoms with E-state index in [1.54, 1.807) is 0 Å². The van der Waals surface area contributed by atoms with Gasteiger partial charge in [0.25, 0.3) is 0 Å². The molecule has 0 atom stereocenters. The van der Waals surface area contributed by atoms with Crippen molar-refractivity contribution in [1.82, 2.24) is 0 Å². The third kappa shape index (κ3) is 8.54. The number of aliphatic carboxylic acids is 2. The molecule has 0 aromatic heterocycles. The molecule has 5 heteroatoms. The molecule has 0 bridgehead atoms. The van der Waals surface area contributed by atoms with Crippen LogP contribution in [0.4, 0.5) is 0 Å². The van der Waals surface area contributed by atoms with Crippen LogP contribution < -0.4 is 10.2 Å². The van der Waals surface area contributed by atoms with Gasteiger partial charge in [-0.1, -0.05) is 0 Å². The molecule has 0 spiro atoms. The van der Waals surface area contributed by atoms with Crippen LogP contribution in [0.2, 0.25) is 0 Å². The van der Waals surface area contributed by atoms with Crippen molar-refractivity contribution in [3.63, 3.8) is 0 Å². The summed E-state index contributed by atoms with van der Waals surface area (Å²) in [5.74, 6) is -2.97. The molecule has 0 unspecified atom stereocenters. The normalized spacial score (nSPS) is 10.6. The SMILES string of the molecule is CC(C(=O)[O-])=C(C)C(=O)[O-].c1ccc([CH2][Sn+2][CH2]c2ccccc2)cc1. The summed E-state index contributed by atoms with van der Waals surface area (Å²) in [6.07, 6.45) is 0. The van der Waals surface area contributed by atoms with Crippen LogP contribution in [0.1, 0.15) is 25.0 Å². The monoisotopic (exact) mass is 444 g/mol. The Bertz CT molecular complexity index is 647. The van der Waals surface area contributed by atoms with Gasteiger partial charge in [-0.3, -0.25) is 0 Å². The number of hydrogen-bond donors (Lipinski definition) is 0. The number of carboxylic acids is 2. The molecule has 25 heavy (non-hydrogen) atoms. The third-order valence-corrected chi connectivity index (χ3v) is 7.28. The summed E-state index contributed by atoms with van der Waals surface area (Å²) in [4.78, 5) is 20.0. The Hall–Kier alpha value is -2.08. The number of hydrogen-bond acceptors (Lipinski definition) is 4. The summed E-state index contributed by atoms with van der Waals surface area (Å²) in [5.41, 5.74) is 2.42. The summed E-state index contributed by atoms with van der Waals surface area (Å²) >= 11 is -0.258. The van der Waals surface area contributed by atoms with Crippen molar-refractivity contribution in [1.29, 1.82) is 0 Å². The van der Waals surface area contributed by atoms with Gasteiger partial charge in [0.15, 0.2) is 0 Å². The Morgan fingerprint density at radius 3 is 1.32 bits per heavy atom. The maximum atomic E-state index is 9.99. The second-order valence-electron chi connectivity index (χ2n) is 5.40. The minimum absolute atomic E-state index is 0.258. The van der Waals surface area contributed by atoms with E-state index < -0.39 is 11.9 Å². The van der Waals surface area contributed by atoms with E-state index in [0.717, 1.165) is 13.8 Å². The molecule has 0 aliphatic carbocycles. The first-order valence-electron chi connectivity index (χ1n) is 7.80. The van der Waals surface area contributed by atoms with Crippen molar-refractivity contribution in [2.45, 2.75) is 22.7 Å². The average Bonchev–Trinajstić information content (AvgIpc) is 2.62. The van der Waals surface area contributed by atoms with Gasteiger partial charge in [0.1, 0.15) is 0 Å². The maximum absolute atomic E-state index is 9.99. The zero-order valence-electron chi connectivity index (χ0n) is 14.3. The molecule has 4 nitrogen and oxygen atoms in total. The first kappa shape index (κ1) is 21.0. The first-order valence-corrected chi connectivity index (χ1v) is 11.8. The molecule has 0 aliphatic heterocycles. The molecule has 0 radical (unpaired) electrons. The van der Waals surface area contributed by atoms with Gasteiger partial charge in [0.05, 0.1) is 11.9 Å². The molecule has 0 heterocycles. The molecule has 128 valence electrons. The minimum atomic E-state index is -1.48. The number of carbonyl (C=O) groups is 2. The molecule has 0 fully saturated rings. The molecule has 0 amide bonds. The topological polar surface area (TPSA) is 80.3 Å². The van der Waals surface area contributed by atoms with Gasteiger partial charge in [-0.2, -0.15) is 0 Å². The Balaban J connectivity index is 0.000000275. The number of carbonyl (C=O) groups excluding carboxylic acids is 2. The van der Waals surface area contributed by atoms with Crippen LogP contribution in [-0.2, 0) is 18.5 Å². The molecule has 2 rings (SSSR count). The van der Waals surface area contributed by atoms with Crippen molar-refractivity contribution in [3.8, 4) is 0 Å². The van der Waals surface area contributed by atoms with Crippen LogP contribution in [0.5, 0.6) is 0 Å². The van der Waals surface area contributed by atoms with Crippen molar-refractivity contribution in [2.24, 2.45) is 0 Å². The summed E-state index contributed by atoms with van der Waals surface area (Å²) in [5, 5.41) is 20.0. The van der Waals surface area contributed by atoms with E-state index in [4.69, 9.17) is 0 Å². The van der Waals surface area contributed by atoms with E-state index in [0.29, 0.717) is 0 Å². The first-order chi connectivity index (χ1) is 11.9. The van der Waals surface area contributed by atoms with E-state index in [-0.39, 0.29) is 32.3 Å².